The zero-order chi connectivity index (χ0) is 31.4. The van der Waals surface area contributed by atoms with E-state index in [1.807, 2.05) is 24.3 Å². The van der Waals surface area contributed by atoms with Crippen LogP contribution in [0.15, 0.2) is 54.7 Å². The van der Waals surface area contributed by atoms with E-state index in [2.05, 4.69) is 15.6 Å². The number of phosphoric ester groups is 1. The molecule has 3 rings (SSSR count). The summed E-state index contributed by atoms with van der Waals surface area (Å²) in [6.07, 6.45) is -0.641. The van der Waals surface area contributed by atoms with Gasteiger partial charge >= 0.3 is 19.9 Å². The number of ether oxygens (including phenoxy) is 1. The van der Waals surface area contributed by atoms with Crippen LogP contribution in [0.1, 0.15) is 25.8 Å². The first-order chi connectivity index (χ1) is 20.5. The van der Waals surface area contributed by atoms with Gasteiger partial charge in [-0.2, -0.15) is 0 Å². The molecule has 1 aromatic heterocycles. The number of aliphatic hydroxyl groups excluding tert-OH is 1. The van der Waals surface area contributed by atoms with Crippen LogP contribution < -0.4 is 10.6 Å². The number of hydrogen-bond acceptors (Lipinski definition) is 9. The van der Waals surface area contributed by atoms with Gasteiger partial charge in [-0.15, -0.1) is 0 Å². The van der Waals surface area contributed by atoms with Crippen LogP contribution in [0.25, 0.3) is 10.8 Å². The molecule has 0 saturated carbocycles. The van der Waals surface area contributed by atoms with Gasteiger partial charge < -0.3 is 20.1 Å². The topological polar surface area (TPSA) is 149 Å². The number of pyridine rings is 1. The Morgan fingerprint density at radius 1 is 1.07 bits per heavy atom. The SMILES string of the molecule is CCOP(=O)(OCC)OCC(O)CC(COC(=O)Nc1cc2ccccc2cn1)N(C)C(=O)NCc1cccc(F)c1Cl. The van der Waals surface area contributed by atoms with E-state index in [0.29, 0.717) is 5.56 Å². The predicted octanol–water partition coefficient (Wildman–Crippen LogP) is 5.73. The van der Waals surface area contributed by atoms with Gasteiger partial charge in [0.25, 0.3) is 0 Å². The largest absolute Gasteiger partial charge is 0.474 e. The van der Waals surface area contributed by atoms with Crippen molar-refractivity contribution in [3.8, 4) is 0 Å². The van der Waals surface area contributed by atoms with Crippen molar-refractivity contribution in [2.75, 3.05) is 38.8 Å². The number of carbonyl (C=O) groups excluding carboxylic acids is 2. The van der Waals surface area contributed by atoms with Gasteiger partial charge in [-0.1, -0.05) is 48.0 Å². The van der Waals surface area contributed by atoms with Gasteiger partial charge in [0.05, 0.1) is 37.0 Å². The highest BCUT2D eigenvalue weighted by Crippen LogP contribution is 2.49. The van der Waals surface area contributed by atoms with Crippen LogP contribution in [-0.2, 0) is 29.4 Å². The van der Waals surface area contributed by atoms with Crippen molar-refractivity contribution in [3.63, 3.8) is 0 Å². The lowest BCUT2D eigenvalue weighted by Gasteiger charge is -2.30. The van der Waals surface area contributed by atoms with E-state index in [4.69, 9.17) is 29.9 Å². The number of amides is 3. The summed E-state index contributed by atoms with van der Waals surface area (Å²) in [4.78, 5) is 31.0. The molecule has 0 aliphatic carbocycles. The van der Waals surface area contributed by atoms with Crippen LogP contribution in [0.4, 0.5) is 19.8 Å². The molecule has 2 aromatic carbocycles. The Morgan fingerprint density at radius 2 is 1.77 bits per heavy atom. The lowest BCUT2D eigenvalue weighted by Crippen LogP contribution is -2.47. The quantitative estimate of drug-likeness (QED) is 0.177. The number of rotatable bonds is 15. The van der Waals surface area contributed by atoms with Gasteiger partial charge in [-0.25, -0.2) is 23.5 Å². The highest BCUT2D eigenvalue weighted by atomic mass is 35.5. The number of halogens is 2. The Morgan fingerprint density at radius 3 is 2.47 bits per heavy atom. The number of carbonyl (C=O) groups is 2. The Kier molecular flexibility index (Phi) is 13.1. The minimum absolute atomic E-state index is 0.0588. The van der Waals surface area contributed by atoms with Gasteiger partial charge in [-0.05, 0) is 43.4 Å². The normalized spacial score (nSPS) is 12.9. The Balaban J connectivity index is 1.66. The molecular formula is C28H35ClFN4O8P. The molecular weight excluding hydrogens is 606 g/mol. The molecule has 3 aromatic rings. The van der Waals surface area contributed by atoms with Crippen LogP contribution in [-0.4, -0.2) is 72.7 Å². The molecule has 2 unspecified atom stereocenters. The average Bonchev–Trinajstić information content (AvgIpc) is 2.98. The van der Waals surface area contributed by atoms with E-state index < -0.39 is 44.5 Å². The van der Waals surface area contributed by atoms with E-state index in [1.54, 1.807) is 32.2 Å². The summed E-state index contributed by atoms with van der Waals surface area (Å²) in [5.41, 5.74) is 0.356. The third-order valence-corrected chi connectivity index (χ3v) is 8.18. The van der Waals surface area contributed by atoms with Gasteiger partial charge in [-0.3, -0.25) is 18.9 Å². The molecule has 234 valence electrons. The third-order valence-electron chi connectivity index (χ3n) is 6.14. The summed E-state index contributed by atoms with van der Waals surface area (Å²) in [5.74, 6) is -0.367. The molecule has 0 radical (unpaired) electrons. The van der Waals surface area contributed by atoms with Crippen LogP contribution in [0, 0.1) is 5.82 Å². The molecule has 15 heteroatoms. The van der Waals surface area contributed by atoms with E-state index >= 15 is 0 Å². The second-order valence-corrected chi connectivity index (χ2v) is 11.3. The lowest BCUT2D eigenvalue weighted by molar-refractivity contribution is 0.0353. The number of aliphatic hydroxyl groups is 1. The number of likely N-dealkylation sites (N-methyl/N-ethyl adjacent to an activating group) is 1. The van der Waals surface area contributed by atoms with E-state index in [9.17, 15) is 23.7 Å². The maximum atomic E-state index is 13.8. The second kappa shape index (κ2) is 16.5. The molecule has 3 N–H and O–H groups in total. The van der Waals surface area contributed by atoms with Crippen molar-refractivity contribution in [2.24, 2.45) is 0 Å². The standard InChI is InChI=1S/C28H35ClFN4O8P/c1-4-40-43(38,41-5-2)42-18-23(35)14-22(34(3)27(36)32-16-21-11-8-12-24(30)26(21)29)17-39-28(37)33-25-13-19-9-6-7-10-20(19)15-31-25/h6-13,15,22-23,35H,4-5,14,16-18H2,1-3H3,(H,32,36)(H,31,33,37). The molecule has 43 heavy (non-hydrogen) atoms. The fourth-order valence-electron chi connectivity index (χ4n) is 3.94. The summed E-state index contributed by atoms with van der Waals surface area (Å²) < 4.78 is 47.2. The van der Waals surface area contributed by atoms with Crippen LogP contribution in [0.3, 0.4) is 0 Å². The molecule has 12 nitrogen and oxygen atoms in total. The van der Waals surface area contributed by atoms with Crippen LogP contribution in [0.2, 0.25) is 5.02 Å². The number of fused-ring (bicyclic) bond motifs is 1. The Labute approximate surface area is 254 Å². The molecule has 0 aliphatic rings. The third kappa shape index (κ3) is 10.4. The van der Waals surface area contributed by atoms with Crippen molar-refractivity contribution in [1.29, 1.82) is 0 Å². The predicted molar refractivity (Wildman–Crippen MR) is 159 cm³/mol. The first-order valence-electron chi connectivity index (χ1n) is 13.5. The van der Waals surface area contributed by atoms with Crippen molar-refractivity contribution < 1.29 is 42.0 Å². The molecule has 3 amide bonds. The lowest BCUT2D eigenvalue weighted by atomic mass is 10.1. The number of anilines is 1. The Hall–Kier alpha value is -3.32. The maximum Gasteiger partial charge on any atom is 0.474 e. The van der Waals surface area contributed by atoms with Gasteiger partial charge in [0.1, 0.15) is 18.2 Å². The number of nitrogens with one attached hydrogen (secondary N) is 2. The number of aromatic nitrogens is 1. The highest BCUT2D eigenvalue weighted by Gasteiger charge is 2.29. The molecule has 0 fully saturated rings. The van der Waals surface area contributed by atoms with Crippen LogP contribution >= 0.6 is 19.4 Å². The second-order valence-electron chi connectivity index (χ2n) is 9.24. The van der Waals surface area contributed by atoms with Crippen molar-refractivity contribution in [1.82, 2.24) is 15.2 Å². The summed E-state index contributed by atoms with van der Waals surface area (Å²) in [5, 5.41) is 17.5. The molecule has 0 aliphatic heterocycles. The first-order valence-corrected chi connectivity index (χ1v) is 15.3. The minimum atomic E-state index is -3.90. The van der Waals surface area contributed by atoms with E-state index in [0.717, 1.165) is 10.8 Å². The highest BCUT2D eigenvalue weighted by molar-refractivity contribution is 7.48. The summed E-state index contributed by atoms with van der Waals surface area (Å²) in [7, 11) is -2.47. The molecule has 1 heterocycles. The van der Waals surface area contributed by atoms with Gasteiger partial charge in [0, 0.05) is 25.2 Å². The first kappa shape index (κ1) is 34.2. The van der Waals surface area contributed by atoms with Crippen molar-refractivity contribution >= 4 is 48.1 Å². The zero-order valence-corrected chi connectivity index (χ0v) is 25.6. The number of benzene rings is 2. The summed E-state index contributed by atoms with van der Waals surface area (Å²) in [6, 6.07) is 11.9. The molecule has 0 spiro atoms. The van der Waals surface area contributed by atoms with E-state index in [-0.39, 0.29) is 43.6 Å². The fourth-order valence-corrected chi connectivity index (χ4v) is 5.34. The number of nitrogens with zero attached hydrogens (tertiary/aromatic N) is 2. The number of phosphoric acid groups is 1. The molecule has 0 bridgehead atoms. The molecule has 0 saturated heterocycles. The van der Waals surface area contributed by atoms with Crippen molar-refractivity contribution in [3.05, 3.63) is 71.1 Å². The van der Waals surface area contributed by atoms with Gasteiger partial charge in [0.15, 0.2) is 0 Å². The van der Waals surface area contributed by atoms with E-state index in [1.165, 1.54) is 24.1 Å². The van der Waals surface area contributed by atoms with Crippen molar-refractivity contribution in [2.45, 2.75) is 39.0 Å². The number of hydrogen-bond donors (Lipinski definition) is 3. The van der Waals surface area contributed by atoms with Crippen LogP contribution in [0.5, 0.6) is 0 Å². The molecule has 2 atom stereocenters. The summed E-state index contributed by atoms with van der Waals surface area (Å²) >= 11 is 5.99. The summed E-state index contributed by atoms with van der Waals surface area (Å²) in [6.45, 7) is 2.47. The smallest absolute Gasteiger partial charge is 0.447 e. The zero-order valence-electron chi connectivity index (χ0n) is 24.0. The minimum Gasteiger partial charge on any atom is -0.447 e. The average molecular weight is 641 g/mol. The number of urea groups is 1. The monoisotopic (exact) mass is 640 g/mol. The fraction of sp³-hybridized carbons (Fsp3) is 0.393. The maximum absolute atomic E-state index is 13.8. The Bertz CT molecular complexity index is 1420. The van der Waals surface area contributed by atoms with Gasteiger partial charge in [0.2, 0.25) is 0 Å².